The number of hydrogen-bond acceptors (Lipinski definition) is 9. The van der Waals surface area contributed by atoms with Crippen molar-refractivity contribution < 1.29 is 38.9 Å². The van der Waals surface area contributed by atoms with E-state index in [0.717, 1.165) is 18.4 Å². The van der Waals surface area contributed by atoms with Crippen molar-refractivity contribution in [2.75, 3.05) is 38.1 Å². The lowest BCUT2D eigenvalue weighted by molar-refractivity contribution is -0.138. The Labute approximate surface area is 271 Å². The molecule has 1 aromatic heterocycles. The molecule has 3 amide bonds. The summed E-state index contributed by atoms with van der Waals surface area (Å²) in [5.41, 5.74) is 3.31. The molecule has 0 bridgehead atoms. The van der Waals surface area contributed by atoms with Crippen molar-refractivity contribution in [2.24, 2.45) is 0 Å². The molecule has 14 heteroatoms. The predicted octanol–water partition coefficient (Wildman–Crippen LogP) is 2.69. The number of carboxylic acids is 1. The van der Waals surface area contributed by atoms with Gasteiger partial charge in [-0.25, -0.2) is 14.8 Å². The first-order chi connectivity index (χ1) is 22.7. The summed E-state index contributed by atoms with van der Waals surface area (Å²) in [5.74, 6) is -1.29. The molecule has 4 N–H and O–H groups in total. The molecule has 1 atom stereocenters. The van der Waals surface area contributed by atoms with Gasteiger partial charge in [0, 0.05) is 50.3 Å². The highest BCUT2D eigenvalue weighted by Crippen LogP contribution is 2.25. The summed E-state index contributed by atoms with van der Waals surface area (Å²) in [5, 5.41) is 22.4. The number of piperazine rings is 1. The normalized spacial score (nSPS) is 14.6. The van der Waals surface area contributed by atoms with Gasteiger partial charge in [0.05, 0.1) is 6.61 Å². The standard InChI is InChI=1S/C32H36N6O6.CH2O2/c1-2-44-32(43)38-16-14-37(15-17-38)31(42)25(12-13-28(39)40)35-30(41)26-20-27(36-29(34-26)21-8-4-3-5-9-21)33-24-18-22-10-6-7-11-23(22)19-24;2-1-3/h3-11,20,24-25H,2,12-19H2,1H3,(H,35,41)(H,39,40)(H,33,34,36);1H,(H,2,3). The van der Waals surface area contributed by atoms with E-state index in [1.807, 2.05) is 42.5 Å². The Morgan fingerprint density at radius 1 is 0.957 bits per heavy atom. The Bertz CT molecular complexity index is 1540. The second-order valence-corrected chi connectivity index (χ2v) is 10.9. The number of carboxylic acid groups (broad SMARTS) is 2. The number of fused-ring (bicyclic) bond motifs is 1. The Morgan fingerprint density at radius 2 is 1.55 bits per heavy atom. The van der Waals surface area contributed by atoms with Crippen molar-refractivity contribution in [1.82, 2.24) is 25.1 Å². The Balaban J connectivity index is 0.00000160. The van der Waals surface area contributed by atoms with Crippen molar-refractivity contribution in [3.8, 4) is 11.4 Å². The van der Waals surface area contributed by atoms with Crippen molar-refractivity contribution in [1.29, 1.82) is 0 Å². The summed E-state index contributed by atoms with van der Waals surface area (Å²) in [6.07, 6.45) is 0.780. The van der Waals surface area contributed by atoms with Crippen LogP contribution in [0.4, 0.5) is 10.6 Å². The van der Waals surface area contributed by atoms with Gasteiger partial charge in [0.1, 0.15) is 17.6 Å². The molecule has 5 rings (SSSR count). The van der Waals surface area contributed by atoms with Crippen LogP contribution < -0.4 is 10.6 Å². The molecular weight excluding hydrogens is 608 g/mol. The average Bonchev–Trinajstić information content (AvgIpc) is 3.49. The van der Waals surface area contributed by atoms with Crippen LogP contribution in [0.15, 0.2) is 60.7 Å². The number of carbonyl (C=O) groups is 5. The highest BCUT2D eigenvalue weighted by Gasteiger charge is 2.31. The highest BCUT2D eigenvalue weighted by atomic mass is 16.6. The zero-order valence-electron chi connectivity index (χ0n) is 26.0. The summed E-state index contributed by atoms with van der Waals surface area (Å²) in [6, 6.07) is 18.1. The summed E-state index contributed by atoms with van der Waals surface area (Å²) < 4.78 is 5.04. The number of amides is 3. The maximum Gasteiger partial charge on any atom is 0.409 e. The van der Waals surface area contributed by atoms with E-state index in [2.05, 4.69) is 27.8 Å². The third-order valence-electron chi connectivity index (χ3n) is 7.76. The largest absolute Gasteiger partial charge is 0.483 e. The van der Waals surface area contributed by atoms with Crippen molar-refractivity contribution >= 4 is 36.2 Å². The molecule has 47 heavy (non-hydrogen) atoms. The molecule has 0 spiro atoms. The topological polar surface area (TPSA) is 191 Å². The molecule has 1 unspecified atom stereocenters. The fraction of sp³-hybridized carbons (Fsp3) is 0.364. The van der Waals surface area contributed by atoms with Gasteiger partial charge in [0.15, 0.2) is 5.82 Å². The van der Waals surface area contributed by atoms with E-state index in [9.17, 15) is 24.3 Å². The Kier molecular flexibility index (Phi) is 12.2. The third-order valence-corrected chi connectivity index (χ3v) is 7.76. The van der Waals surface area contributed by atoms with Crippen LogP contribution in [0.2, 0.25) is 0 Å². The molecule has 1 saturated heterocycles. The lowest BCUT2D eigenvalue weighted by Crippen LogP contribution is -2.56. The summed E-state index contributed by atoms with van der Waals surface area (Å²) in [6.45, 7) is 2.75. The van der Waals surface area contributed by atoms with E-state index >= 15 is 0 Å². The fourth-order valence-electron chi connectivity index (χ4n) is 5.53. The van der Waals surface area contributed by atoms with Gasteiger partial charge < -0.3 is 35.4 Å². The van der Waals surface area contributed by atoms with Crippen molar-refractivity contribution in [3.63, 3.8) is 0 Å². The summed E-state index contributed by atoms with van der Waals surface area (Å²) in [7, 11) is 0. The molecular formula is C33H38N6O8. The molecule has 1 aliphatic heterocycles. The van der Waals surface area contributed by atoms with Crippen LogP contribution in [-0.2, 0) is 32.0 Å². The van der Waals surface area contributed by atoms with Gasteiger partial charge in [-0.2, -0.15) is 0 Å². The minimum absolute atomic E-state index is 0.0529. The maximum atomic E-state index is 13.6. The van der Waals surface area contributed by atoms with Gasteiger partial charge in [-0.1, -0.05) is 54.6 Å². The summed E-state index contributed by atoms with van der Waals surface area (Å²) >= 11 is 0. The number of carbonyl (C=O) groups excluding carboxylic acids is 3. The van der Waals surface area contributed by atoms with Gasteiger partial charge in [-0.05, 0) is 37.3 Å². The molecule has 248 valence electrons. The second-order valence-electron chi connectivity index (χ2n) is 10.9. The number of nitrogens with one attached hydrogen (secondary N) is 2. The van der Waals surface area contributed by atoms with Gasteiger partial charge in [-0.15, -0.1) is 0 Å². The molecule has 2 aromatic carbocycles. The van der Waals surface area contributed by atoms with Crippen LogP contribution in [0, 0.1) is 0 Å². The summed E-state index contributed by atoms with van der Waals surface area (Å²) in [4.78, 5) is 71.3. The van der Waals surface area contributed by atoms with Crippen LogP contribution >= 0.6 is 0 Å². The van der Waals surface area contributed by atoms with E-state index in [4.69, 9.17) is 19.6 Å². The second kappa shape index (κ2) is 16.7. The molecule has 0 radical (unpaired) electrons. The van der Waals surface area contributed by atoms with Crippen LogP contribution in [0.25, 0.3) is 11.4 Å². The number of hydrogen-bond donors (Lipinski definition) is 4. The molecule has 14 nitrogen and oxygen atoms in total. The number of ether oxygens (including phenoxy) is 1. The first-order valence-corrected chi connectivity index (χ1v) is 15.3. The minimum Gasteiger partial charge on any atom is -0.483 e. The lowest BCUT2D eigenvalue weighted by Gasteiger charge is -2.35. The van der Waals surface area contributed by atoms with Crippen molar-refractivity contribution in [3.05, 3.63) is 77.5 Å². The van der Waals surface area contributed by atoms with Gasteiger partial charge >= 0.3 is 12.1 Å². The van der Waals surface area contributed by atoms with Crippen LogP contribution in [0.1, 0.15) is 41.4 Å². The highest BCUT2D eigenvalue weighted by molar-refractivity contribution is 5.97. The lowest BCUT2D eigenvalue weighted by atomic mass is 10.1. The van der Waals surface area contributed by atoms with Crippen molar-refractivity contribution in [2.45, 2.75) is 44.7 Å². The molecule has 2 aliphatic rings. The van der Waals surface area contributed by atoms with E-state index in [1.165, 1.54) is 20.9 Å². The number of anilines is 1. The van der Waals surface area contributed by atoms with Gasteiger partial charge in [0.2, 0.25) is 5.91 Å². The van der Waals surface area contributed by atoms with E-state index < -0.39 is 29.9 Å². The molecule has 0 saturated carbocycles. The number of aliphatic carboxylic acids is 1. The van der Waals surface area contributed by atoms with E-state index in [0.29, 0.717) is 11.6 Å². The van der Waals surface area contributed by atoms with Gasteiger partial charge in [-0.3, -0.25) is 19.2 Å². The fourth-order valence-corrected chi connectivity index (χ4v) is 5.53. The number of rotatable bonds is 10. The van der Waals surface area contributed by atoms with Crippen LogP contribution in [0.3, 0.4) is 0 Å². The number of aromatic nitrogens is 2. The first kappa shape index (κ1) is 34.3. The zero-order valence-corrected chi connectivity index (χ0v) is 26.0. The smallest absolute Gasteiger partial charge is 0.409 e. The van der Waals surface area contributed by atoms with E-state index in [-0.39, 0.29) is 63.8 Å². The van der Waals surface area contributed by atoms with E-state index in [1.54, 1.807) is 13.0 Å². The average molecular weight is 647 g/mol. The molecule has 1 aliphatic carbocycles. The maximum absolute atomic E-state index is 13.6. The monoisotopic (exact) mass is 646 g/mol. The predicted molar refractivity (Wildman–Crippen MR) is 171 cm³/mol. The van der Waals surface area contributed by atoms with Crippen LogP contribution in [0.5, 0.6) is 0 Å². The molecule has 3 aromatic rings. The minimum atomic E-state index is -1.09. The molecule has 2 heterocycles. The Morgan fingerprint density at radius 3 is 2.15 bits per heavy atom. The van der Waals surface area contributed by atoms with Crippen LogP contribution in [-0.4, -0.2) is 105 Å². The zero-order chi connectivity index (χ0) is 33.8. The van der Waals surface area contributed by atoms with Gasteiger partial charge in [0.25, 0.3) is 12.4 Å². The SMILES string of the molecule is CCOC(=O)N1CCN(C(=O)C(CCC(=O)O)NC(=O)c2cc(NC3Cc4ccccc4C3)nc(-c3ccccc3)n2)CC1.O=CO. The number of nitrogens with zero attached hydrogens (tertiary/aromatic N) is 4. The Hall–Kier alpha value is -5.53. The third kappa shape index (κ3) is 9.48. The first-order valence-electron chi connectivity index (χ1n) is 15.3. The molecule has 1 fully saturated rings. The number of benzene rings is 2. The quantitative estimate of drug-likeness (QED) is 0.237.